The topological polar surface area (TPSA) is 45.5 Å². The van der Waals surface area contributed by atoms with Gasteiger partial charge in [-0.3, -0.25) is 9.69 Å². The first-order valence-electron chi connectivity index (χ1n) is 8.72. The first-order valence-corrected chi connectivity index (χ1v) is 8.72. The van der Waals surface area contributed by atoms with Crippen LogP contribution >= 0.6 is 0 Å². The van der Waals surface area contributed by atoms with Crippen LogP contribution in [0.1, 0.15) is 36.6 Å². The smallest absolute Gasteiger partial charge is 0.244 e. The molecule has 1 aromatic heterocycles. The molecule has 1 fully saturated rings. The average Bonchev–Trinajstić information content (AvgIpc) is 3.16. The van der Waals surface area contributed by atoms with E-state index < -0.39 is 0 Å². The highest BCUT2D eigenvalue weighted by atomic mass is 19.1. The van der Waals surface area contributed by atoms with E-state index in [1.807, 2.05) is 12.1 Å². The highest BCUT2D eigenvalue weighted by Gasteiger charge is 2.24. The zero-order valence-corrected chi connectivity index (χ0v) is 14.2. The molecule has 1 aromatic carbocycles. The van der Waals surface area contributed by atoms with Gasteiger partial charge in [0.2, 0.25) is 5.91 Å². The molecule has 132 valence electrons. The van der Waals surface area contributed by atoms with Crippen LogP contribution in [0.15, 0.2) is 53.2 Å². The fraction of sp³-hybridized carbons (Fsp3) is 0.350. The third-order valence-corrected chi connectivity index (χ3v) is 4.49. The van der Waals surface area contributed by atoms with E-state index in [0.29, 0.717) is 12.1 Å². The van der Waals surface area contributed by atoms with Crippen LogP contribution in [0.4, 0.5) is 4.39 Å². The molecule has 25 heavy (non-hydrogen) atoms. The Labute approximate surface area is 147 Å². The Morgan fingerprint density at radius 3 is 2.72 bits per heavy atom. The molecule has 1 N–H and O–H groups in total. The minimum Gasteiger partial charge on any atom is -0.468 e. The third kappa shape index (κ3) is 4.79. The summed E-state index contributed by atoms with van der Waals surface area (Å²) < 4.78 is 19.1. The maximum absolute atomic E-state index is 13.6. The van der Waals surface area contributed by atoms with E-state index in [1.54, 1.807) is 24.5 Å². The monoisotopic (exact) mass is 342 g/mol. The molecule has 1 unspecified atom stereocenters. The molecule has 1 amide bonds. The van der Waals surface area contributed by atoms with Gasteiger partial charge in [0.1, 0.15) is 11.6 Å². The predicted molar refractivity (Wildman–Crippen MR) is 95.3 cm³/mol. The Balaban J connectivity index is 1.60. The number of hydrogen-bond acceptors (Lipinski definition) is 3. The van der Waals surface area contributed by atoms with Crippen molar-refractivity contribution < 1.29 is 13.6 Å². The second-order valence-corrected chi connectivity index (χ2v) is 6.23. The Kier molecular flexibility index (Phi) is 6.01. The number of nitrogens with zero attached hydrogens (tertiary/aromatic N) is 1. The van der Waals surface area contributed by atoms with E-state index in [4.69, 9.17) is 4.42 Å². The maximum Gasteiger partial charge on any atom is 0.244 e. The van der Waals surface area contributed by atoms with Crippen LogP contribution in [0.2, 0.25) is 0 Å². The molecule has 2 heterocycles. The van der Waals surface area contributed by atoms with Gasteiger partial charge >= 0.3 is 0 Å². The second-order valence-electron chi connectivity index (χ2n) is 6.23. The van der Waals surface area contributed by atoms with Crippen molar-refractivity contribution in [1.29, 1.82) is 0 Å². The number of hydrogen-bond donors (Lipinski definition) is 1. The molecule has 3 rings (SSSR count). The number of piperidine rings is 1. The van der Waals surface area contributed by atoms with E-state index in [0.717, 1.165) is 18.8 Å². The van der Waals surface area contributed by atoms with Crippen LogP contribution in [-0.2, 0) is 4.79 Å². The fourth-order valence-corrected chi connectivity index (χ4v) is 3.15. The lowest BCUT2D eigenvalue weighted by molar-refractivity contribution is -0.116. The minimum absolute atomic E-state index is 0.0288. The number of carbonyl (C=O) groups is 1. The SMILES string of the molecule is O=C(C=Cc1ccccc1F)NCC(c1ccco1)N1CCCCC1. The largest absolute Gasteiger partial charge is 0.468 e. The summed E-state index contributed by atoms with van der Waals surface area (Å²) in [5, 5.41) is 2.91. The second kappa shape index (κ2) is 8.62. The van der Waals surface area contributed by atoms with Crippen LogP contribution in [0.3, 0.4) is 0 Å². The Morgan fingerprint density at radius 1 is 1.20 bits per heavy atom. The van der Waals surface area contributed by atoms with Crippen LogP contribution in [0.25, 0.3) is 6.08 Å². The number of benzene rings is 1. The number of nitrogens with one attached hydrogen (secondary N) is 1. The van der Waals surface area contributed by atoms with E-state index in [1.165, 1.54) is 37.5 Å². The van der Waals surface area contributed by atoms with Gasteiger partial charge in [-0.15, -0.1) is 0 Å². The summed E-state index contributed by atoms with van der Waals surface area (Å²) in [5.74, 6) is 0.283. The van der Waals surface area contributed by atoms with Crippen LogP contribution < -0.4 is 5.32 Å². The van der Waals surface area contributed by atoms with Crippen molar-refractivity contribution in [3.05, 3.63) is 65.9 Å². The molecule has 0 radical (unpaired) electrons. The van der Waals surface area contributed by atoms with Crippen molar-refractivity contribution in [2.75, 3.05) is 19.6 Å². The van der Waals surface area contributed by atoms with Crippen molar-refractivity contribution in [3.8, 4) is 0 Å². The zero-order valence-electron chi connectivity index (χ0n) is 14.2. The highest BCUT2D eigenvalue weighted by Crippen LogP contribution is 2.24. The van der Waals surface area contributed by atoms with Gasteiger partial charge < -0.3 is 9.73 Å². The number of amides is 1. The Hall–Kier alpha value is -2.40. The van der Waals surface area contributed by atoms with Gasteiger partial charge in [0.15, 0.2) is 0 Å². The lowest BCUT2D eigenvalue weighted by atomic mass is 10.1. The van der Waals surface area contributed by atoms with E-state index in [2.05, 4.69) is 10.2 Å². The summed E-state index contributed by atoms with van der Waals surface area (Å²) >= 11 is 0. The summed E-state index contributed by atoms with van der Waals surface area (Å²) in [7, 11) is 0. The van der Waals surface area contributed by atoms with Crippen LogP contribution in [-0.4, -0.2) is 30.4 Å². The molecular formula is C20H23FN2O2. The molecule has 4 nitrogen and oxygen atoms in total. The van der Waals surface area contributed by atoms with Gasteiger partial charge in [-0.1, -0.05) is 24.6 Å². The molecule has 0 spiro atoms. The van der Waals surface area contributed by atoms with Crippen molar-refractivity contribution in [3.63, 3.8) is 0 Å². The molecule has 1 aliphatic heterocycles. The van der Waals surface area contributed by atoms with Gasteiger partial charge in [0, 0.05) is 18.2 Å². The normalized spacial score (nSPS) is 16.8. The Bertz CT molecular complexity index is 706. The van der Waals surface area contributed by atoms with Gasteiger partial charge in [-0.05, 0) is 50.2 Å². The molecule has 1 saturated heterocycles. The van der Waals surface area contributed by atoms with E-state index in [-0.39, 0.29) is 17.8 Å². The lowest BCUT2D eigenvalue weighted by Gasteiger charge is -2.33. The number of likely N-dealkylation sites (tertiary alicyclic amines) is 1. The van der Waals surface area contributed by atoms with Gasteiger partial charge in [0.25, 0.3) is 0 Å². The van der Waals surface area contributed by atoms with Crippen molar-refractivity contribution in [2.45, 2.75) is 25.3 Å². The highest BCUT2D eigenvalue weighted by molar-refractivity contribution is 5.91. The first-order chi connectivity index (χ1) is 12.2. The number of furan rings is 1. The maximum atomic E-state index is 13.6. The molecule has 2 aromatic rings. The number of rotatable bonds is 6. The summed E-state index contributed by atoms with van der Waals surface area (Å²) in [6.45, 7) is 2.48. The van der Waals surface area contributed by atoms with Crippen LogP contribution in [0.5, 0.6) is 0 Å². The van der Waals surface area contributed by atoms with E-state index in [9.17, 15) is 9.18 Å². The molecule has 0 aliphatic carbocycles. The minimum atomic E-state index is -0.340. The molecular weight excluding hydrogens is 319 g/mol. The predicted octanol–water partition coefficient (Wildman–Crippen LogP) is 3.78. The van der Waals surface area contributed by atoms with Gasteiger partial charge in [-0.25, -0.2) is 4.39 Å². The van der Waals surface area contributed by atoms with Crippen molar-refractivity contribution >= 4 is 12.0 Å². The van der Waals surface area contributed by atoms with Crippen molar-refractivity contribution in [1.82, 2.24) is 10.2 Å². The van der Waals surface area contributed by atoms with Gasteiger partial charge in [-0.2, -0.15) is 0 Å². The fourth-order valence-electron chi connectivity index (χ4n) is 3.15. The zero-order chi connectivity index (χ0) is 17.5. The Morgan fingerprint density at radius 2 is 2.00 bits per heavy atom. The lowest BCUT2D eigenvalue weighted by Crippen LogP contribution is -2.40. The summed E-state index contributed by atoms with van der Waals surface area (Å²) in [6.07, 6.45) is 8.10. The average molecular weight is 342 g/mol. The quantitative estimate of drug-likeness (QED) is 0.813. The third-order valence-electron chi connectivity index (χ3n) is 4.49. The van der Waals surface area contributed by atoms with Gasteiger partial charge in [0.05, 0.1) is 12.3 Å². The van der Waals surface area contributed by atoms with Crippen molar-refractivity contribution in [2.24, 2.45) is 0 Å². The summed E-state index contributed by atoms with van der Waals surface area (Å²) in [6, 6.07) is 10.2. The van der Waals surface area contributed by atoms with E-state index >= 15 is 0 Å². The molecule has 0 bridgehead atoms. The summed E-state index contributed by atoms with van der Waals surface area (Å²) in [5.41, 5.74) is 0.399. The van der Waals surface area contributed by atoms with Crippen LogP contribution in [0, 0.1) is 5.82 Å². The number of carbonyl (C=O) groups excluding carboxylic acids is 1. The standard InChI is InChI=1S/C20H23FN2O2/c21-17-8-3-2-7-16(17)10-11-20(24)22-15-18(19-9-6-14-25-19)23-12-4-1-5-13-23/h2-3,6-11,14,18H,1,4-5,12-13,15H2,(H,22,24). The molecule has 5 heteroatoms. The summed E-state index contributed by atoms with van der Waals surface area (Å²) in [4.78, 5) is 14.5. The first kappa shape index (κ1) is 17.4. The molecule has 1 aliphatic rings. The number of halogens is 1. The molecule has 0 saturated carbocycles. The molecule has 1 atom stereocenters.